The van der Waals surface area contributed by atoms with Gasteiger partial charge in [-0.2, -0.15) is 0 Å². The van der Waals surface area contributed by atoms with Crippen molar-refractivity contribution in [3.05, 3.63) is 29.6 Å². The minimum absolute atomic E-state index is 0.0929. The third kappa shape index (κ3) is 4.71. The molecule has 0 aromatic heterocycles. The number of hydrogen-bond donors (Lipinski definition) is 2. The number of rotatable bonds is 7. The quantitative estimate of drug-likeness (QED) is 0.774. The fourth-order valence-electron chi connectivity index (χ4n) is 1.51. The summed E-state index contributed by atoms with van der Waals surface area (Å²) in [6.07, 6.45) is 0.228. The molecule has 2 N–H and O–H groups in total. The number of benzene rings is 1. The Morgan fingerprint density at radius 3 is 2.83 bits per heavy atom. The van der Waals surface area contributed by atoms with E-state index in [1.165, 1.54) is 6.07 Å². The van der Waals surface area contributed by atoms with E-state index in [-0.39, 0.29) is 24.7 Å². The van der Waals surface area contributed by atoms with E-state index in [0.29, 0.717) is 13.1 Å². The first-order valence-corrected chi connectivity index (χ1v) is 6.00. The second-order valence-corrected chi connectivity index (χ2v) is 3.85. The molecule has 18 heavy (non-hydrogen) atoms. The third-order valence-corrected chi connectivity index (χ3v) is 2.34. The van der Waals surface area contributed by atoms with E-state index in [4.69, 9.17) is 4.74 Å². The number of nitrogens with one attached hydrogen (secondary N) is 2. The summed E-state index contributed by atoms with van der Waals surface area (Å²) >= 11 is 0. The van der Waals surface area contributed by atoms with Crippen LogP contribution in [-0.4, -0.2) is 26.1 Å². The maximum Gasteiger partial charge on any atom is 0.223 e. The Labute approximate surface area is 107 Å². The van der Waals surface area contributed by atoms with Crippen molar-refractivity contribution in [2.75, 3.05) is 20.2 Å². The zero-order valence-corrected chi connectivity index (χ0v) is 10.8. The molecule has 0 radical (unpaired) electrons. The van der Waals surface area contributed by atoms with E-state index in [1.807, 2.05) is 6.92 Å². The number of halogens is 1. The number of ether oxygens (including phenoxy) is 1. The van der Waals surface area contributed by atoms with Crippen LogP contribution in [-0.2, 0) is 11.3 Å². The smallest absolute Gasteiger partial charge is 0.223 e. The van der Waals surface area contributed by atoms with E-state index in [1.54, 1.807) is 19.2 Å². The van der Waals surface area contributed by atoms with Crippen molar-refractivity contribution < 1.29 is 13.9 Å². The van der Waals surface area contributed by atoms with E-state index >= 15 is 0 Å². The molecule has 1 amide bonds. The number of amides is 1. The highest BCUT2D eigenvalue weighted by atomic mass is 19.1. The number of hydrogen-bond acceptors (Lipinski definition) is 3. The van der Waals surface area contributed by atoms with Gasteiger partial charge in [0.05, 0.1) is 13.0 Å². The molecular formula is C13H19FN2O2. The van der Waals surface area contributed by atoms with E-state index < -0.39 is 5.82 Å². The summed E-state index contributed by atoms with van der Waals surface area (Å²) in [6.45, 7) is 3.22. The van der Waals surface area contributed by atoms with Crippen LogP contribution in [0.15, 0.2) is 18.2 Å². The molecule has 0 atom stereocenters. The maximum absolute atomic E-state index is 13.6. The van der Waals surface area contributed by atoms with Crippen LogP contribution in [0, 0.1) is 5.82 Å². The second kappa shape index (κ2) is 7.66. The summed E-state index contributed by atoms with van der Waals surface area (Å²) < 4.78 is 18.8. The first-order valence-electron chi connectivity index (χ1n) is 6.00. The van der Waals surface area contributed by atoms with Crippen molar-refractivity contribution in [3.8, 4) is 5.75 Å². The molecule has 0 unspecified atom stereocenters. The Kier molecular flexibility index (Phi) is 6.14. The monoisotopic (exact) mass is 254 g/mol. The van der Waals surface area contributed by atoms with Crippen molar-refractivity contribution in [3.63, 3.8) is 0 Å². The normalized spacial score (nSPS) is 10.2. The third-order valence-electron chi connectivity index (χ3n) is 2.34. The van der Waals surface area contributed by atoms with Gasteiger partial charge in [-0.3, -0.25) is 4.79 Å². The highest BCUT2D eigenvalue weighted by molar-refractivity contribution is 5.75. The van der Waals surface area contributed by atoms with Gasteiger partial charge in [0.15, 0.2) is 11.6 Å². The van der Waals surface area contributed by atoms with Crippen molar-refractivity contribution in [2.45, 2.75) is 19.9 Å². The summed E-state index contributed by atoms with van der Waals surface area (Å²) in [5.41, 5.74) is 0.853. The summed E-state index contributed by atoms with van der Waals surface area (Å²) in [7, 11) is 1.80. The van der Waals surface area contributed by atoms with E-state index in [2.05, 4.69) is 10.6 Å². The Hall–Kier alpha value is -1.62. The molecule has 1 rings (SSSR count). The number of carbonyl (C=O) groups excluding carboxylic acids is 1. The average Bonchev–Trinajstić information content (AvgIpc) is 2.33. The first kappa shape index (κ1) is 14.4. The summed E-state index contributed by atoms with van der Waals surface area (Å²) in [6, 6.07) is 4.80. The highest BCUT2D eigenvalue weighted by Crippen LogP contribution is 2.18. The fraction of sp³-hybridized carbons (Fsp3) is 0.462. The Morgan fingerprint density at radius 1 is 1.44 bits per heavy atom. The van der Waals surface area contributed by atoms with Crippen LogP contribution in [0.2, 0.25) is 0 Å². The van der Waals surface area contributed by atoms with Crippen LogP contribution < -0.4 is 15.4 Å². The van der Waals surface area contributed by atoms with Gasteiger partial charge in [0.25, 0.3) is 0 Å². The standard InChI is InChI=1S/C13H19FN2O2/c1-3-16-13(17)6-7-18-12-5-4-10(9-15-2)8-11(12)14/h4-5,8,15H,3,6-7,9H2,1-2H3,(H,16,17). The summed E-state index contributed by atoms with van der Waals surface area (Å²) in [5, 5.41) is 5.59. The van der Waals surface area contributed by atoms with Gasteiger partial charge in [-0.15, -0.1) is 0 Å². The van der Waals surface area contributed by atoms with Crippen molar-refractivity contribution >= 4 is 5.91 Å². The Balaban J connectivity index is 2.45. The molecule has 0 saturated heterocycles. The van der Waals surface area contributed by atoms with Gasteiger partial charge >= 0.3 is 0 Å². The van der Waals surface area contributed by atoms with Crippen molar-refractivity contribution in [2.24, 2.45) is 0 Å². The van der Waals surface area contributed by atoms with Gasteiger partial charge in [-0.05, 0) is 31.7 Å². The molecule has 0 spiro atoms. The van der Waals surface area contributed by atoms with Gasteiger partial charge in [0.1, 0.15) is 0 Å². The average molecular weight is 254 g/mol. The second-order valence-electron chi connectivity index (χ2n) is 3.85. The lowest BCUT2D eigenvalue weighted by atomic mass is 10.2. The molecule has 0 fully saturated rings. The zero-order chi connectivity index (χ0) is 13.4. The van der Waals surface area contributed by atoms with E-state index in [0.717, 1.165) is 5.56 Å². The minimum atomic E-state index is -0.404. The lowest BCUT2D eigenvalue weighted by Gasteiger charge is -2.08. The molecule has 0 saturated carbocycles. The predicted molar refractivity (Wildman–Crippen MR) is 68.0 cm³/mol. The SMILES string of the molecule is CCNC(=O)CCOc1ccc(CNC)cc1F. The first-order chi connectivity index (χ1) is 8.67. The van der Waals surface area contributed by atoms with Crippen molar-refractivity contribution in [1.82, 2.24) is 10.6 Å². The lowest BCUT2D eigenvalue weighted by molar-refractivity contribution is -0.121. The molecule has 1 aromatic carbocycles. The molecule has 5 heteroatoms. The van der Waals surface area contributed by atoms with Crippen molar-refractivity contribution in [1.29, 1.82) is 0 Å². The largest absolute Gasteiger partial charge is 0.490 e. The zero-order valence-electron chi connectivity index (χ0n) is 10.8. The predicted octanol–water partition coefficient (Wildman–Crippen LogP) is 1.45. The molecule has 0 aliphatic carbocycles. The topological polar surface area (TPSA) is 50.4 Å². The van der Waals surface area contributed by atoms with Gasteiger partial charge in [-0.25, -0.2) is 4.39 Å². The molecule has 1 aromatic rings. The fourth-order valence-corrected chi connectivity index (χ4v) is 1.51. The van der Waals surface area contributed by atoms with Gasteiger partial charge in [0, 0.05) is 13.1 Å². The van der Waals surface area contributed by atoms with Gasteiger partial charge in [-0.1, -0.05) is 6.07 Å². The Morgan fingerprint density at radius 2 is 2.22 bits per heavy atom. The molecule has 0 aliphatic rings. The maximum atomic E-state index is 13.6. The van der Waals surface area contributed by atoms with E-state index in [9.17, 15) is 9.18 Å². The molecule has 0 bridgehead atoms. The van der Waals surface area contributed by atoms with Crippen LogP contribution in [0.1, 0.15) is 18.9 Å². The lowest BCUT2D eigenvalue weighted by Crippen LogP contribution is -2.24. The van der Waals surface area contributed by atoms with Gasteiger partial charge < -0.3 is 15.4 Å². The van der Waals surface area contributed by atoms with Crippen LogP contribution in [0.25, 0.3) is 0 Å². The molecule has 0 aliphatic heterocycles. The number of carbonyl (C=O) groups is 1. The van der Waals surface area contributed by atoms with Crippen LogP contribution in [0.5, 0.6) is 5.75 Å². The highest BCUT2D eigenvalue weighted by Gasteiger charge is 2.06. The Bertz CT molecular complexity index is 397. The minimum Gasteiger partial charge on any atom is -0.490 e. The molecule has 0 heterocycles. The van der Waals surface area contributed by atoms with Crippen LogP contribution >= 0.6 is 0 Å². The molecule has 100 valence electrons. The summed E-state index contributed by atoms with van der Waals surface area (Å²) in [4.78, 5) is 11.2. The molecule has 4 nitrogen and oxygen atoms in total. The molecular weight excluding hydrogens is 235 g/mol. The summed E-state index contributed by atoms with van der Waals surface area (Å²) in [5.74, 6) is -0.317. The van der Waals surface area contributed by atoms with Crippen LogP contribution in [0.4, 0.5) is 4.39 Å². The van der Waals surface area contributed by atoms with Gasteiger partial charge in [0.2, 0.25) is 5.91 Å². The van der Waals surface area contributed by atoms with Crippen LogP contribution in [0.3, 0.4) is 0 Å².